The number of aryl methyl sites for hydroxylation is 1. The molecule has 7 nitrogen and oxygen atoms in total. The van der Waals surface area contributed by atoms with Crippen molar-refractivity contribution in [3.63, 3.8) is 0 Å². The molecule has 1 atom stereocenters. The van der Waals surface area contributed by atoms with Gasteiger partial charge in [0.1, 0.15) is 12.6 Å². The summed E-state index contributed by atoms with van der Waals surface area (Å²) < 4.78 is 9.51. The van der Waals surface area contributed by atoms with Crippen LogP contribution in [-0.4, -0.2) is 49.5 Å². The number of carboxylic acid groups (broad SMARTS) is 1. The number of esters is 1. The average molecular weight is 361 g/mol. The lowest BCUT2D eigenvalue weighted by Crippen LogP contribution is -2.25. The number of hydrogen-bond donors (Lipinski definition) is 3. The topological polar surface area (TPSA) is 111 Å². The quantitative estimate of drug-likeness (QED) is 0.480. The molecule has 0 saturated heterocycles. The molecule has 1 rings (SSSR count). The summed E-state index contributed by atoms with van der Waals surface area (Å²) in [6.07, 6.45) is 0. The van der Waals surface area contributed by atoms with E-state index in [1.54, 1.807) is 13.0 Å². The number of rotatable bonds is 8. The standard InChI is InChI=1S/C10H12ClNO2.C6H13NO3/c1-6-4-3-5-8(11)9(6)12-7(2)10(13)14;1-2-9-3-4-10-6(8)5-7/h3-5,7,12H,1-2H3,(H,13,14);2-5,7H2,1H3/t7-;/m0./s1. The van der Waals surface area contributed by atoms with Crippen LogP contribution in [0.1, 0.15) is 19.4 Å². The van der Waals surface area contributed by atoms with Crippen LogP contribution in [0.25, 0.3) is 0 Å². The summed E-state index contributed by atoms with van der Waals surface area (Å²) in [5.41, 5.74) is 6.59. The Morgan fingerprint density at radius 3 is 2.54 bits per heavy atom. The van der Waals surface area contributed by atoms with Gasteiger partial charge in [-0.25, -0.2) is 0 Å². The third-order valence-electron chi connectivity index (χ3n) is 2.81. The van der Waals surface area contributed by atoms with Crippen molar-refractivity contribution in [3.05, 3.63) is 28.8 Å². The molecule has 1 aromatic carbocycles. The molecule has 4 N–H and O–H groups in total. The third-order valence-corrected chi connectivity index (χ3v) is 3.13. The third kappa shape index (κ3) is 9.34. The van der Waals surface area contributed by atoms with Crippen LogP contribution in [0, 0.1) is 6.92 Å². The van der Waals surface area contributed by atoms with Crippen LogP contribution in [0.3, 0.4) is 0 Å². The molecule has 0 aliphatic rings. The van der Waals surface area contributed by atoms with E-state index in [-0.39, 0.29) is 12.5 Å². The Bertz CT molecular complexity index is 505. The van der Waals surface area contributed by atoms with E-state index in [1.165, 1.54) is 0 Å². The Kier molecular flexibility index (Phi) is 11.6. The van der Waals surface area contributed by atoms with Gasteiger partial charge in [0.15, 0.2) is 0 Å². The Hall–Kier alpha value is -1.83. The first-order valence-electron chi connectivity index (χ1n) is 7.51. The number of carbonyl (C=O) groups is 2. The smallest absolute Gasteiger partial charge is 0.325 e. The lowest BCUT2D eigenvalue weighted by Gasteiger charge is -2.14. The maximum atomic E-state index is 10.6. The molecule has 0 aliphatic heterocycles. The molecule has 136 valence electrons. The van der Waals surface area contributed by atoms with Crippen LogP contribution in [0.15, 0.2) is 18.2 Å². The maximum absolute atomic E-state index is 10.6. The fourth-order valence-electron chi connectivity index (χ4n) is 1.51. The van der Waals surface area contributed by atoms with Gasteiger partial charge in [0.25, 0.3) is 0 Å². The van der Waals surface area contributed by atoms with Crippen molar-refractivity contribution in [2.45, 2.75) is 26.8 Å². The molecule has 8 heteroatoms. The zero-order valence-electron chi connectivity index (χ0n) is 14.2. The molecule has 0 heterocycles. The van der Waals surface area contributed by atoms with Gasteiger partial charge in [-0.2, -0.15) is 0 Å². The van der Waals surface area contributed by atoms with Gasteiger partial charge in [-0.15, -0.1) is 0 Å². The van der Waals surface area contributed by atoms with E-state index in [1.807, 2.05) is 26.0 Å². The van der Waals surface area contributed by atoms with Crippen LogP contribution in [0.5, 0.6) is 0 Å². The molecule has 1 aromatic rings. The van der Waals surface area contributed by atoms with E-state index in [4.69, 9.17) is 27.2 Å². The van der Waals surface area contributed by atoms with E-state index in [9.17, 15) is 9.59 Å². The summed E-state index contributed by atoms with van der Waals surface area (Å²) in [5.74, 6) is -1.29. The van der Waals surface area contributed by atoms with E-state index in [0.29, 0.717) is 30.5 Å². The fraction of sp³-hybridized carbons (Fsp3) is 0.500. The lowest BCUT2D eigenvalue weighted by molar-refractivity contribution is -0.143. The van der Waals surface area contributed by atoms with Crippen molar-refractivity contribution in [2.75, 3.05) is 31.7 Å². The lowest BCUT2D eigenvalue weighted by atomic mass is 10.2. The molecule has 0 aliphatic carbocycles. The van der Waals surface area contributed by atoms with E-state index < -0.39 is 12.0 Å². The number of anilines is 1. The van der Waals surface area contributed by atoms with Gasteiger partial charge in [0.05, 0.1) is 23.9 Å². The highest BCUT2D eigenvalue weighted by molar-refractivity contribution is 6.33. The van der Waals surface area contributed by atoms with Crippen molar-refractivity contribution in [1.82, 2.24) is 0 Å². The number of aliphatic carboxylic acids is 1. The van der Waals surface area contributed by atoms with E-state index in [2.05, 4.69) is 10.1 Å². The zero-order chi connectivity index (χ0) is 18.5. The number of ether oxygens (including phenoxy) is 2. The van der Waals surface area contributed by atoms with Crippen molar-refractivity contribution in [2.24, 2.45) is 5.73 Å². The second kappa shape index (κ2) is 12.6. The van der Waals surface area contributed by atoms with Gasteiger partial charge in [-0.1, -0.05) is 23.7 Å². The van der Waals surface area contributed by atoms with Crippen molar-refractivity contribution >= 4 is 29.2 Å². The highest BCUT2D eigenvalue weighted by Crippen LogP contribution is 2.25. The predicted octanol–water partition coefficient (Wildman–Crippen LogP) is 2.06. The Labute approximate surface area is 147 Å². The summed E-state index contributed by atoms with van der Waals surface area (Å²) in [4.78, 5) is 21.0. The molecule has 0 radical (unpaired) electrons. The van der Waals surface area contributed by atoms with Gasteiger partial charge in [0, 0.05) is 6.61 Å². The van der Waals surface area contributed by atoms with Crippen LogP contribution < -0.4 is 11.1 Å². The minimum atomic E-state index is -0.899. The molecule has 0 aromatic heterocycles. The largest absolute Gasteiger partial charge is 0.480 e. The minimum Gasteiger partial charge on any atom is -0.480 e. The number of benzene rings is 1. The monoisotopic (exact) mass is 360 g/mol. The summed E-state index contributed by atoms with van der Waals surface area (Å²) in [7, 11) is 0. The van der Waals surface area contributed by atoms with Crippen molar-refractivity contribution < 1.29 is 24.2 Å². The van der Waals surface area contributed by atoms with Crippen LogP contribution in [-0.2, 0) is 19.1 Å². The molecule has 24 heavy (non-hydrogen) atoms. The molecule has 0 bridgehead atoms. The van der Waals surface area contributed by atoms with Gasteiger partial charge >= 0.3 is 11.9 Å². The number of halogens is 1. The van der Waals surface area contributed by atoms with Crippen LogP contribution in [0.4, 0.5) is 5.69 Å². The fourth-order valence-corrected chi connectivity index (χ4v) is 1.79. The SMILES string of the molecule is CCOCCOC(=O)CN.Cc1cccc(Cl)c1N[C@@H](C)C(=O)O. The molecular weight excluding hydrogens is 336 g/mol. The highest BCUT2D eigenvalue weighted by Gasteiger charge is 2.12. The molecule has 0 saturated carbocycles. The second-order valence-electron chi connectivity index (χ2n) is 4.76. The van der Waals surface area contributed by atoms with Crippen molar-refractivity contribution in [3.8, 4) is 0 Å². The van der Waals surface area contributed by atoms with Crippen LogP contribution in [0.2, 0.25) is 5.02 Å². The number of carboxylic acids is 1. The molecule has 0 unspecified atom stereocenters. The Morgan fingerprint density at radius 1 is 1.38 bits per heavy atom. The molecule has 0 spiro atoms. The van der Waals surface area contributed by atoms with Gasteiger partial charge in [-0.3, -0.25) is 9.59 Å². The van der Waals surface area contributed by atoms with Gasteiger partial charge < -0.3 is 25.6 Å². The van der Waals surface area contributed by atoms with Gasteiger partial charge in [-0.05, 0) is 32.4 Å². The maximum Gasteiger partial charge on any atom is 0.325 e. The minimum absolute atomic E-state index is 0.0634. The summed E-state index contributed by atoms with van der Waals surface area (Å²) >= 11 is 5.92. The molecular formula is C16H25ClN2O5. The zero-order valence-corrected chi connectivity index (χ0v) is 14.9. The van der Waals surface area contributed by atoms with Gasteiger partial charge in [0.2, 0.25) is 0 Å². The predicted molar refractivity (Wildman–Crippen MR) is 93.4 cm³/mol. The molecule has 0 amide bonds. The van der Waals surface area contributed by atoms with Crippen LogP contribution >= 0.6 is 11.6 Å². The number of nitrogens with two attached hydrogens (primary N) is 1. The summed E-state index contributed by atoms with van der Waals surface area (Å²) in [6, 6.07) is 4.79. The highest BCUT2D eigenvalue weighted by atomic mass is 35.5. The number of hydrogen-bond acceptors (Lipinski definition) is 6. The second-order valence-corrected chi connectivity index (χ2v) is 5.16. The number of nitrogens with one attached hydrogen (secondary N) is 1. The van der Waals surface area contributed by atoms with E-state index >= 15 is 0 Å². The first-order chi connectivity index (χ1) is 11.3. The Balaban J connectivity index is 0.000000470. The average Bonchev–Trinajstić information content (AvgIpc) is 2.55. The first-order valence-corrected chi connectivity index (χ1v) is 7.89. The number of carbonyl (C=O) groups excluding carboxylic acids is 1. The normalized spacial score (nSPS) is 11.0. The Morgan fingerprint density at radius 2 is 2.04 bits per heavy atom. The summed E-state index contributed by atoms with van der Waals surface area (Å²) in [5, 5.41) is 12.1. The number of para-hydroxylation sites is 1. The molecule has 0 fully saturated rings. The van der Waals surface area contributed by atoms with Crippen molar-refractivity contribution in [1.29, 1.82) is 0 Å². The summed E-state index contributed by atoms with van der Waals surface area (Å²) in [6.45, 7) is 6.65. The van der Waals surface area contributed by atoms with E-state index in [0.717, 1.165) is 5.56 Å². The first kappa shape index (κ1) is 22.2.